The molecule has 114 valence electrons. The van der Waals surface area contributed by atoms with Crippen LogP contribution in [0.25, 0.3) is 11.4 Å². The number of hydrogen-bond donors (Lipinski definition) is 1. The van der Waals surface area contributed by atoms with E-state index >= 15 is 0 Å². The molecule has 21 heavy (non-hydrogen) atoms. The molecule has 0 aliphatic carbocycles. The van der Waals surface area contributed by atoms with Crippen molar-refractivity contribution in [3.8, 4) is 11.4 Å². The van der Waals surface area contributed by atoms with E-state index in [9.17, 15) is 4.39 Å². The molecule has 1 N–H and O–H groups in total. The molecular formula is C15H19BrFN3O. The molecule has 1 aromatic carbocycles. The Morgan fingerprint density at radius 3 is 2.76 bits per heavy atom. The van der Waals surface area contributed by atoms with Crippen molar-refractivity contribution in [2.75, 3.05) is 7.05 Å². The van der Waals surface area contributed by atoms with Crippen molar-refractivity contribution in [3.63, 3.8) is 0 Å². The fourth-order valence-corrected chi connectivity index (χ4v) is 2.73. The Kier molecular flexibility index (Phi) is 5.47. The molecule has 1 aromatic heterocycles. The molecule has 0 saturated carbocycles. The molecule has 2 rings (SSSR count). The van der Waals surface area contributed by atoms with Gasteiger partial charge in [-0.25, -0.2) is 4.39 Å². The quantitative estimate of drug-likeness (QED) is 0.855. The Morgan fingerprint density at radius 2 is 2.14 bits per heavy atom. The van der Waals surface area contributed by atoms with Crippen LogP contribution in [0.4, 0.5) is 4.39 Å². The normalized spacial score (nSPS) is 12.9. The first-order valence-corrected chi connectivity index (χ1v) is 7.74. The zero-order valence-corrected chi connectivity index (χ0v) is 13.9. The molecule has 0 bridgehead atoms. The molecular weight excluding hydrogens is 337 g/mol. The molecule has 6 heteroatoms. The molecule has 0 amide bonds. The van der Waals surface area contributed by atoms with E-state index in [1.54, 1.807) is 6.07 Å². The van der Waals surface area contributed by atoms with Gasteiger partial charge in [0.05, 0.1) is 0 Å². The van der Waals surface area contributed by atoms with Crippen LogP contribution in [0.3, 0.4) is 0 Å². The van der Waals surface area contributed by atoms with Crippen LogP contribution in [0.1, 0.15) is 26.2 Å². The first-order valence-electron chi connectivity index (χ1n) is 6.95. The standard InChI is InChI=1S/C15H19BrFN3O/c1-9(2)6-11(18-3)8-14-19-15(20-21-14)12-5-4-10(17)7-13(12)16/h4-5,7,9,11,18H,6,8H2,1-3H3. The zero-order chi connectivity index (χ0) is 15.4. The number of likely N-dealkylation sites (N-methyl/N-ethyl adjacent to an activating group) is 1. The van der Waals surface area contributed by atoms with Crippen LogP contribution in [0.5, 0.6) is 0 Å². The first-order chi connectivity index (χ1) is 9.99. The fraction of sp³-hybridized carbons (Fsp3) is 0.467. The number of halogens is 2. The topological polar surface area (TPSA) is 51.0 Å². The van der Waals surface area contributed by atoms with Crippen molar-refractivity contribution in [1.29, 1.82) is 0 Å². The van der Waals surface area contributed by atoms with E-state index in [-0.39, 0.29) is 5.82 Å². The maximum Gasteiger partial charge on any atom is 0.228 e. The highest BCUT2D eigenvalue weighted by atomic mass is 79.9. The molecule has 1 unspecified atom stereocenters. The second kappa shape index (κ2) is 7.13. The molecule has 0 aliphatic rings. The minimum Gasteiger partial charge on any atom is -0.339 e. The van der Waals surface area contributed by atoms with E-state index in [0.717, 1.165) is 12.0 Å². The Bertz CT molecular complexity index is 600. The molecule has 0 aliphatic heterocycles. The van der Waals surface area contributed by atoms with Gasteiger partial charge >= 0.3 is 0 Å². The summed E-state index contributed by atoms with van der Waals surface area (Å²) in [7, 11) is 1.93. The lowest BCUT2D eigenvalue weighted by Gasteiger charge is -2.15. The largest absolute Gasteiger partial charge is 0.339 e. The van der Waals surface area contributed by atoms with Gasteiger partial charge in [-0.1, -0.05) is 19.0 Å². The predicted molar refractivity (Wildman–Crippen MR) is 83.4 cm³/mol. The highest BCUT2D eigenvalue weighted by molar-refractivity contribution is 9.10. The lowest BCUT2D eigenvalue weighted by molar-refractivity contribution is 0.345. The SMILES string of the molecule is CNC(Cc1nc(-c2ccc(F)cc2Br)no1)CC(C)C. The molecule has 2 aromatic rings. The van der Waals surface area contributed by atoms with Crippen LogP contribution in [-0.4, -0.2) is 23.2 Å². The van der Waals surface area contributed by atoms with Gasteiger partial charge in [-0.05, 0) is 53.5 Å². The van der Waals surface area contributed by atoms with Crippen molar-refractivity contribution in [2.45, 2.75) is 32.7 Å². The minimum atomic E-state index is -0.304. The molecule has 0 radical (unpaired) electrons. The summed E-state index contributed by atoms with van der Waals surface area (Å²) in [5.41, 5.74) is 0.719. The van der Waals surface area contributed by atoms with Crippen LogP contribution in [0, 0.1) is 11.7 Å². The highest BCUT2D eigenvalue weighted by Gasteiger charge is 2.16. The molecule has 1 atom stereocenters. The summed E-state index contributed by atoms with van der Waals surface area (Å²) in [6.07, 6.45) is 1.72. The van der Waals surface area contributed by atoms with Crippen LogP contribution in [0.2, 0.25) is 0 Å². The van der Waals surface area contributed by atoms with Gasteiger partial charge in [-0.3, -0.25) is 0 Å². The van der Waals surface area contributed by atoms with Gasteiger partial charge < -0.3 is 9.84 Å². The van der Waals surface area contributed by atoms with Crippen molar-refractivity contribution >= 4 is 15.9 Å². The number of hydrogen-bond acceptors (Lipinski definition) is 4. The van der Waals surface area contributed by atoms with Gasteiger partial charge in [-0.15, -0.1) is 0 Å². The van der Waals surface area contributed by atoms with Gasteiger partial charge in [0.25, 0.3) is 0 Å². The van der Waals surface area contributed by atoms with E-state index in [1.807, 2.05) is 7.05 Å². The van der Waals surface area contributed by atoms with E-state index in [4.69, 9.17) is 4.52 Å². The van der Waals surface area contributed by atoms with Gasteiger partial charge in [0.1, 0.15) is 5.82 Å². The van der Waals surface area contributed by atoms with Gasteiger partial charge in [-0.2, -0.15) is 4.98 Å². The maximum atomic E-state index is 13.1. The Morgan fingerprint density at radius 1 is 1.38 bits per heavy atom. The van der Waals surface area contributed by atoms with Crippen molar-refractivity contribution in [3.05, 3.63) is 34.4 Å². The van der Waals surface area contributed by atoms with Crippen molar-refractivity contribution in [1.82, 2.24) is 15.5 Å². The average Bonchev–Trinajstić information content (AvgIpc) is 2.85. The molecule has 0 spiro atoms. The third-order valence-corrected chi connectivity index (χ3v) is 3.88. The Labute approximate surface area is 132 Å². The van der Waals surface area contributed by atoms with E-state index in [0.29, 0.717) is 34.6 Å². The van der Waals surface area contributed by atoms with Crippen LogP contribution >= 0.6 is 15.9 Å². The zero-order valence-electron chi connectivity index (χ0n) is 12.4. The first kappa shape index (κ1) is 16.1. The Balaban J connectivity index is 2.14. The van der Waals surface area contributed by atoms with Crippen LogP contribution < -0.4 is 5.32 Å². The molecule has 0 fully saturated rings. The van der Waals surface area contributed by atoms with Gasteiger partial charge in [0, 0.05) is 22.5 Å². The van der Waals surface area contributed by atoms with Gasteiger partial charge in [0.2, 0.25) is 11.7 Å². The molecule has 1 heterocycles. The second-order valence-corrected chi connectivity index (χ2v) is 6.31. The average molecular weight is 356 g/mol. The van der Waals surface area contributed by atoms with Crippen LogP contribution in [-0.2, 0) is 6.42 Å². The number of benzene rings is 1. The van der Waals surface area contributed by atoms with Crippen LogP contribution in [0.15, 0.2) is 27.2 Å². The Hall–Kier alpha value is -1.27. The van der Waals surface area contributed by atoms with Gasteiger partial charge in [0.15, 0.2) is 0 Å². The number of rotatable bonds is 6. The lowest BCUT2D eigenvalue weighted by Crippen LogP contribution is -2.29. The highest BCUT2D eigenvalue weighted by Crippen LogP contribution is 2.27. The third kappa shape index (κ3) is 4.35. The summed E-state index contributed by atoms with van der Waals surface area (Å²) >= 11 is 3.32. The van der Waals surface area contributed by atoms with E-state index < -0.39 is 0 Å². The monoisotopic (exact) mass is 355 g/mol. The fourth-order valence-electron chi connectivity index (χ4n) is 2.20. The number of nitrogens with one attached hydrogen (secondary N) is 1. The smallest absolute Gasteiger partial charge is 0.228 e. The summed E-state index contributed by atoms with van der Waals surface area (Å²) in [4.78, 5) is 4.40. The summed E-state index contributed by atoms with van der Waals surface area (Å²) in [6, 6.07) is 4.71. The summed E-state index contributed by atoms with van der Waals surface area (Å²) in [6.45, 7) is 4.36. The molecule has 0 saturated heterocycles. The second-order valence-electron chi connectivity index (χ2n) is 5.46. The minimum absolute atomic E-state index is 0.301. The molecule has 4 nitrogen and oxygen atoms in total. The number of nitrogens with zero attached hydrogens (tertiary/aromatic N) is 2. The van der Waals surface area contributed by atoms with Crippen molar-refractivity contribution < 1.29 is 8.91 Å². The number of aromatic nitrogens is 2. The van der Waals surface area contributed by atoms with E-state index in [2.05, 4.69) is 45.2 Å². The summed E-state index contributed by atoms with van der Waals surface area (Å²) < 4.78 is 19.0. The summed E-state index contributed by atoms with van der Waals surface area (Å²) in [5.74, 6) is 1.34. The maximum absolute atomic E-state index is 13.1. The third-order valence-electron chi connectivity index (χ3n) is 3.23. The predicted octanol–water partition coefficient (Wildman–Crippen LogP) is 3.81. The van der Waals surface area contributed by atoms with Crippen molar-refractivity contribution in [2.24, 2.45) is 5.92 Å². The summed E-state index contributed by atoms with van der Waals surface area (Å²) in [5, 5.41) is 7.24. The lowest BCUT2D eigenvalue weighted by atomic mass is 10.0. The van der Waals surface area contributed by atoms with E-state index in [1.165, 1.54) is 12.1 Å².